The third kappa shape index (κ3) is 4.48. The molecule has 0 saturated carbocycles. The second-order valence-corrected chi connectivity index (χ2v) is 6.74. The van der Waals surface area contributed by atoms with E-state index in [4.69, 9.17) is 4.74 Å². The Balaban J connectivity index is 1.43. The van der Waals surface area contributed by atoms with Gasteiger partial charge in [-0.3, -0.25) is 9.69 Å². The van der Waals surface area contributed by atoms with Crippen LogP contribution in [-0.2, 0) is 9.53 Å². The first-order chi connectivity index (χ1) is 12.2. The number of hydrogen-bond acceptors (Lipinski definition) is 6. The molecule has 7 heteroatoms. The number of aliphatic hydroxyl groups is 1. The molecule has 1 N–H and O–H groups in total. The molecule has 2 atom stereocenters. The molecule has 1 amide bonds. The van der Waals surface area contributed by atoms with Gasteiger partial charge in [0, 0.05) is 59.0 Å². The van der Waals surface area contributed by atoms with E-state index in [1.807, 2.05) is 24.4 Å². The number of carbonyl (C=O) groups is 1. The van der Waals surface area contributed by atoms with Crippen molar-refractivity contribution in [3.8, 4) is 0 Å². The van der Waals surface area contributed by atoms with Crippen molar-refractivity contribution >= 4 is 11.7 Å². The molecule has 25 heavy (non-hydrogen) atoms. The zero-order valence-electron chi connectivity index (χ0n) is 14.9. The van der Waals surface area contributed by atoms with E-state index in [2.05, 4.69) is 14.8 Å². The smallest absolute Gasteiger partial charge is 0.224 e. The topological polar surface area (TPSA) is 69.1 Å². The average molecular weight is 348 g/mol. The van der Waals surface area contributed by atoms with E-state index in [9.17, 15) is 9.90 Å². The van der Waals surface area contributed by atoms with Gasteiger partial charge in [0.1, 0.15) is 5.82 Å². The van der Waals surface area contributed by atoms with Gasteiger partial charge in [-0.15, -0.1) is 0 Å². The van der Waals surface area contributed by atoms with Gasteiger partial charge in [-0.05, 0) is 18.6 Å². The predicted molar refractivity (Wildman–Crippen MR) is 95.5 cm³/mol. The van der Waals surface area contributed by atoms with Crippen molar-refractivity contribution in [1.82, 2.24) is 14.8 Å². The van der Waals surface area contributed by atoms with Gasteiger partial charge in [-0.2, -0.15) is 0 Å². The number of nitrogens with zero attached hydrogens (tertiary/aromatic N) is 4. The minimum atomic E-state index is -0.0987. The summed E-state index contributed by atoms with van der Waals surface area (Å²) in [7, 11) is 1.66. The van der Waals surface area contributed by atoms with Crippen molar-refractivity contribution in [2.45, 2.75) is 25.0 Å². The van der Waals surface area contributed by atoms with Gasteiger partial charge in [-0.25, -0.2) is 4.98 Å². The van der Waals surface area contributed by atoms with Crippen molar-refractivity contribution in [2.24, 2.45) is 0 Å². The van der Waals surface area contributed by atoms with Gasteiger partial charge in [0.05, 0.1) is 18.8 Å². The lowest BCUT2D eigenvalue weighted by molar-refractivity contribution is -0.133. The maximum absolute atomic E-state index is 12.5. The van der Waals surface area contributed by atoms with E-state index in [0.717, 1.165) is 45.0 Å². The molecule has 2 saturated heterocycles. The molecular weight excluding hydrogens is 320 g/mol. The number of hydrogen-bond donors (Lipinski definition) is 1. The summed E-state index contributed by atoms with van der Waals surface area (Å²) < 4.78 is 5.35. The number of amides is 1. The average Bonchev–Trinajstić information content (AvgIpc) is 3.11. The maximum atomic E-state index is 12.5. The molecule has 0 aromatic carbocycles. The van der Waals surface area contributed by atoms with Gasteiger partial charge in [0.15, 0.2) is 0 Å². The summed E-state index contributed by atoms with van der Waals surface area (Å²) in [6.45, 7) is 5.10. The lowest BCUT2D eigenvalue weighted by Gasteiger charge is -2.35. The fourth-order valence-corrected chi connectivity index (χ4v) is 3.66. The van der Waals surface area contributed by atoms with Crippen LogP contribution in [-0.4, -0.2) is 90.9 Å². The zero-order chi connectivity index (χ0) is 17.6. The summed E-state index contributed by atoms with van der Waals surface area (Å²) in [6, 6.07) is 5.87. The lowest BCUT2D eigenvalue weighted by atomic mass is 10.2. The van der Waals surface area contributed by atoms with Crippen LogP contribution in [0.1, 0.15) is 12.8 Å². The Morgan fingerprint density at radius 1 is 1.32 bits per heavy atom. The Hall–Kier alpha value is -1.70. The molecule has 7 nitrogen and oxygen atoms in total. The Kier molecular flexibility index (Phi) is 6.23. The molecule has 2 aliphatic heterocycles. The number of aliphatic hydroxyl groups excluding tert-OH is 1. The van der Waals surface area contributed by atoms with Gasteiger partial charge < -0.3 is 19.6 Å². The van der Waals surface area contributed by atoms with Crippen LogP contribution >= 0.6 is 0 Å². The second-order valence-electron chi connectivity index (χ2n) is 6.74. The first kappa shape index (κ1) is 18.1. The fraction of sp³-hybridized carbons (Fsp3) is 0.667. The number of pyridine rings is 1. The van der Waals surface area contributed by atoms with E-state index in [1.165, 1.54) is 0 Å². The Morgan fingerprint density at radius 3 is 2.76 bits per heavy atom. The van der Waals surface area contributed by atoms with Crippen molar-refractivity contribution in [3.05, 3.63) is 24.4 Å². The first-order valence-electron chi connectivity index (χ1n) is 9.02. The van der Waals surface area contributed by atoms with Crippen LogP contribution in [0.2, 0.25) is 0 Å². The van der Waals surface area contributed by atoms with Crippen LogP contribution < -0.4 is 4.90 Å². The quantitative estimate of drug-likeness (QED) is 0.792. The van der Waals surface area contributed by atoms with Gasteiger partial charge in [-0.1, -0.05) is 6.07 Å². The van der Waals surface area contributed by atoms with E-state index < -0.39 is 0 Å². The summed E-state index contributed by atoms with van der Waals surface area (Å²) in [5.74, 6) is 1.14. The molecule has 0 aliphatic carbocycles. The number of likely N-dealkylation sites (tertiary alicyclic amines) is 1. The van der Waals surface area contributed by atoms with Crippen LogP contribution in [0.3, 0.4) is 0 Å². The zero-order valence-corrected chi connectivity index (χ0v) is 14.9. The lowest BCUT2D eigenvalue weighted by Crippen LogP contribution is -2.48. The van der Waals surface area contributed by atoms with Crippen molar-refractivity contribution in [1.29, 1.82) is 0 Å². The SMILES string of the molecule is CO[C@@H]1C[C@@H](CO)N(C(=O)CCN2CCN(c3ccccn3)CC2)C1. The van der Waals surface area contributed by atoms with E-state index in [1.54, 1.807) is 12.0 Å². The number of aromatic nitrogens is 1. The van der Waals surface area contributed by atoms with Gasteiger partial charge >= 0.3 is 0 Å². The van der Waals surface area contributed by atoms with Crippen LogP contribution in [0.15, 0.2) is 24.4 Å². The van der Waals surface area contributed by atoms with Crippen LogP contribution in [0.25, 0.3) is 0 Å². The predicted octanol–water partition coefficient (Wildman–Crippen LogP) is 0.202. The van der Waals surface area contributed by atoms with Crippen molar-refractivity contribution < 1.29 is 14.6 Å². The molecule has 0 spiro atoms. The van der Waals surface area contributed by atoms with Crippen molar-refractivity contribution in [2.75, 3.05) is 57.9 Å². The Morgan fingerprint density at radius 2 is 2.12 bits per heavy atom. The molecule has 1 aromatic heterocycles. The Bertz CT molecular complexity index is 549. The molecule has 0 radical (unpaired) electrons. The van der Waals surface area contributed by atoms with Gasteiger partial charge in [0.2, 0.25) is 5.91 Å². The highest BCUT2D eigenvalue weighted by atomic mass is 16.5. The van der Waals surface area contributed by atoms with Gasteiger partial charge in [0.25, 0.3) is 0 Å². The minimum absolute atomic E-state index is 0.00828. The summed E-state index contributed by atoms with van der Waals surface area (Å²) in [5, 5.41) is 9.48. The highest BCUT2D eigenvalue weighted by Crippen LogP contribution is 2.21. The molecular formula is C18H28N4O3. The van der Waals surface area contributed by atoms with Crippen molar-refractivity contribution in [3.63, 3.8) is 0 Å². The molecule has 0 unspecified atom stereocenters. The summed E-state index contributed by atoms with van der Waals surface area (Å²) in [5.41, 5.74) is 0. The number of piperazine rings is 1. The number of anilines is 1. The number of methoxy groups -OCH3 is 1. The molecule has 1 aromatic rings. The van der Waals surface area contributed by atoms with E-state index in [0.29, 0.717) is 13.0 Å². The largest absolute Gasteiger partial charge is 0.394 e. The fourth-order valence-electron chi connectivity index (χ4n) is 3.66. The summed E-state index contributed by atoms with van der Waals surface area (Å²) in [4.78, 5) is 23.3. The van der Waals surface area contributed by atoms with Crippen LogP contribution in [0, 0.1) is 0 Å². The monoisotopic (exact) mass is 348 g/mol. The third-order valence-electron chi connectivity index (χ3n) is 5.23. The molecule has 2 aliphatic rings. The highest BCUT2D eigenvalue weighted by molar-refractivity contribution is 5.77. The molecule has 0 bridgehead atoms. The number of ether oxygens (including phenoxy) is 1. The molecule has 3 rings (SSSR count). The van der Waals surface area contributed by atoms with Crippen LogP contribution in [0.4, 0.5) is 5.82 Å². The normalized spacial score (nSPS) is 24.7. The second kappa shape index (κ2) is 8.60. The first-order valence-corrected chi connectivity index (χ1v) is 9.02. The molecule has 2 fully saturated rings. The van der Waals surface area contributed by atoms with E-state index >= 15 is 0 Å². The summed E-state index contributed by atoms with van der Waals surface area (Å²) >= 11 is 0. The third-order valence-corrected chi connectivity index (χ3v) is 5.23. The van der Waals surface area contributed by atoms with Crippen LogP contribution in [0.5, 0.6) is 0 Å². The minimum Gasteiger partial charge on any atom is -0.394 e. The van der Waals surface area contributed by atoms with E-state index in [-0.39, 0.29) is 24.7 Å². The number of rotatable bonds is 6. The maximum Gasteiger partial charge on any atom is 0.224 e. The standard InChI is InChI=1S/C18H28N4O3/c1-25-16-12-15(14-23)22(13-16)18(24)5-7-20-8-10-21(11-9-20)17-4-2-3-6-19-17/h2-4,6,15-16,23H,5,7-14H2,1H3/t15-,16+/m0/s1. The number of carbonyl (C=O) groups excluding carboxylic acids is 1. The highest BCUT2D eigenvalue weighted by Gasteiger charge is 2.34. The Labute approximate surface area is 149 Å². The molecule has 3 heterocycles. The summed E-state index contributed by atoms with van der Waals surface area (Å²) in [6.07, 6.45) is 3.09. The molecule has 138 valence electrons.